The van der Waals surface area contributed by atoms with Crippen molar-refractivity contribution in [2.75, 3.05) is 20.1 Å². The molecule has 2 amide bonds. The number of carbonyl (C=O) groups is 2. The van der Waals surface area contributed by atoms with Crippen molar-refractivity contribution in [3.8, 4) is 11.5 Å². The quantitative estimate of drug-likeness (QED) is 0.0442. The van der Waals surface area contributed by atoms with Crippen molar-refractivity contribution in [3.05, 3.63) is 145 Å². The van der Waals surface area contributed by atoms with Crippen LogP contribution in [0, 0.1) is 0 Å². The molecule has 4 aromatic heterocycles. The number of hydrogen-bond donors (Lipinski definition) is 6. The van der Waals surface area contributed by atoms with Crippen LogP contribution in [0.2, 0.25) is 0 Å². The fourth-order valence-corrected chi connectivity index (χ4v) is 10.4. The van der Waals surface area contributed by atoms with Gasteiger partial charge in [0, 0.05) is 35.7 Å². The summed E-state index contributed by atoms with van der Waals surface area (Å²) in [7, 11) is -8.05. The molecule has 65 heavy (non-hydrogen) atoms. The molecule has 0 aliphatic rings. The number of aromatic nitrogens is 2. The van der Waals surface area contributed by atoms with E-state index in [1.807, 2.05) is 0 Å². The van der Waals surface area contributed by atoms with Gasteiger partial charge in [0.05, 0.1) is 42.8 Å². The average molecular weight is 983 g/mol. The minimum Gasteiger partial charge on any atom is -0.465 e. The summed E-state index contributed by atoms with van der Waals surface area (Å²) in [6.45, 7) is 0. The van der Waals surface area contributed by atoms with Crippen LogP contribution < -0.4 is 35.4 Å². The van der Waals surface area contributed by atoms with Crippen molar-refractivity contribution in [2.45, 2.75) is 9.79 Å². The summed E-state index contributed by atoms with van der Waals surface area (Å²) in [6, 6.07) is 28.5. The Balaban J connectivity index is 0.844. The van der Waals surface area contributed by atoms with Gasteiger partial charge in [0.1, 0.15) is 23.0 Å². The van der Waals surface area contributed by atoms with Gasteiger partial charge in [-0.1, -0.05) is 22.7 Å². The second kappa shape index (κ2) is 19.2. The number of benzene rings is 4. The molecule has 0 radical (unpaired) electrons. The van der Waals surface area contributed by atoms with Crippen molar-refractivity contribution in [1.29, 1.82) is 0 Å². The normalized spacial score (nSPS) is 11.8. The van der Waals surface area contributed by atoms with Crippen LogP contribution in [0.1, 0.15) is 11.5 Å². The molecule has 0 aliphatic carbocycles. The van der Waals surface area contributed by atoms with Crippen LogP contribution in [-0.2, 0) is 29.6 Å². The molecule has 0 spiro atoms. The van der Waals surface area contributed by atoms with Crippen molar-refractivity contribution >= 4 is 143 Å². The van der Waals surface area contributed by atoms with Gasteiger partial charge in [0.25, 0.3) is 20.0 Å². The number of nitrogens with one attached hydrogen (secondary N) is 6. The van der Waals surface area contributed by atoms with E-state index in [2.05, 4.69) is 40.7 Å². The molecule has 0 aliphatic heterocycles. The fourth-order valence-electron chi connectivity index (χ4n) is 5.66. The lowest BCUT2D eigenvalue weighted by Crippen LogP contribution is -2.32. The van der Waals surface area contributed by atoms with E-state index in [4.69, 9.17) is 38.0 Å². The number of nitrogens with zero attached hydrogens (tertiary/aromatic N) is 2. The molecule has 4 heterocycles. The third-order valence-electron chi connectivity index (χ3n) is 8.60. The third-order valence-corrected chi connectivity index (χ3v) is 13.8. The zero-order valence-corrected chi connectivity index (χ0v) is 37.8. The summed E-state index contributed by atoms with van der Waals surface area (Å²) in [5.74, 6) is 0.954. The average Bonchev–Trinajstić information content (AvgIpc) is 4.10. The molecule has 0 unspecified atom stereocenters. The zero-order chi connectivity index (χ0) is 45.6. The highest BCUT2D eigenvalue weighted by Gasteiger charge is 2.19. The zero-order valence-electron chi connectivity index (χ0n) is 32.9. The maximum Gasteiger partial charge on any atom is 0.263 e. The maximum absolute atomic E-state index is 13.3. The van der Waals surface area contributed by atoms with Crippen molar-refractivity contribution in [3.63, 3.8) is 0 Å². The topological polar surface area (TPSA) is 236 Å². The van der Waals surface area contributed by atoms with Crippen LogP contribution in [0.5, 0.6) is 11.5 Å². The number of amides is 2. The van der Waals surface area contributed by atoms with Gasteiger partial charge in [-0.05, 0) is 134 Å². The summed E-state index contributed by atoms with van der Waals surface area (Å²) in [5.41, 5.74) is 1.98. The van der Waals surface area contributed by atoms with Crippen LogP contribution in [0.25, 0.3) is 32.6 Å². The Labute approximate surface area is 388 Å². The van der Waals surface area contributed by atoms with Gasteiger partial charge in [-0.15, -0.1) is 0 Å². The Morgan fingerprint density at radius 2 is 1.00 bits per heavy atom. The molecule has 6 N–H and O–H groups in total. The number of carbonyl (C=O) groups excluding carboxylic acids is 2. The van der Waals surface area contributed by atoms with Crippen LogP contribution in [0.4, 0.5) is 21.6 Å². The van der Waals surface area contributed by atoms with Gasteiger partial charge in [-0.25, -0.2) is 26.8 Å². The van der Waals surface area contributed by atoms with E-state index in [1.54, 1.807) is 60.7 Å². The molecule has 17 nitrogen and oxygen atoms in total. The molecule has 0 saturated carbocycles. The Hall–Kier alpha value is -7.28. The molecule has 8 aromatic rings. The van der Waals surface area contributed by atoms with Gasteiger partial charge in [-0.2, -0.15) is 0 Å². The molecule has 0 atom stereocenters. The third kappa shape index (κ3) is 11.7. The van der Waals surface area contributed by atoms with Crippen molar-refractivity contribution in [2.24, 2.45) is 0 Å². The lowest BCUT2D eigenvalue weighted by Gasteiger charge is -2.09. The number of fused-ring (bicyclic) bond motifs is 2. The van der Waals surface area contributed by atoms with Gasteiger partial charge < -0.3 is 24.2 Å². The lowest BCUT2D eigenvalue weighted by molar-refractivity contribution is -0.115. The summed E-state index contributed by atoms with van der Waals surface area (Å²) < 4.78 is 75.8. The highest BCUT2D eigenvalue weighted by Crippen LogP contribution is 2.35. The Bertz CT molecular complexity index is 3130. The molecule has 0 saturated heterocycles. The Kier molecular flexibility index (Phi) is 13.1. The van der Waals surface area contributed by atoms with E-state index in [0.29, 0.717) is 54.8 Å². The van der Waals surface area contributed by atoms with Crippen LogP contribution in [0.15, 0.2) is 152 Å². The number of rotatable bonds is 14. The van der Waals surface area contributed by atoms with Gasteiger partial charge >= 0.3 is 0 Å². The number of sulfonamides is 2. The number of furan rings is 2. The minimum atomic E-state index is -4.03. The Morgan fingerprint density at radius 3 is 1.38 bits per heavy atom. The number of hydrogen-bond acceptors (Lipinski definition) is 15. The monoisotopic (exact) mass is 982 g/mol. The highest BCUT2D eigenvalue weighted by atomic mass is 32.2. The van der Waals surface area contributed by atoms with Crippen LogP contribution >= 0.6 is 47.1 Å². The van der Waals surface area contributed by atoms with E-state index in [1.165, 1.54) is 85.4 Å². The van der Waals surface area contributed by atoms with E-state index in [0.717, 1.165) is 22.7 Å². The first-order valence-corrected chi connectivity index (χ1v) is 24.1. The summed E-state index contributed by atoms with van der Waals surface area (Å²) >= 11 is 12.6. The summed E-state index contributed by atoms with van der Waals surface area (Å²) in [6.07, 6.45) is 8.47. The van der Waals surface area contributed by atoms with E-state index < -0.39 is 31.9 Å². The second-order valence-electron chi connectivity index (χ2n) is 13.2. The number of anilines is 4. The first-order valence-electron chi connectivity index (χ1n) is 18.6. The van der Waals surface area contributed by atoms with Gasteiger partial charge in [0.15, 0.2) is 20.5 Å². The van der Waals surface area contributed by atoms with Crippen molar-refractivity contribution in [1.82, 2.24) is 20.6 Å². The smallest absolute Gasteiger partial charge is 0.263 e. The second-order valence-corrected chi connectivity index (χ2v) is 19.5. The molecule has 23 heteroatoms. The number of ether oxygens (including phenoxy) is 1. The predicted octanol–water partition coefficient (Wildman–Crippen LogP) is 8.54. The first kappa shape index (κ1) is 44.3. The van der Waals surface area contributed by atoms with Gasteiger partial charge in [-0.3, -0.25) is 29.7 Å². The molecule has 0 bridgehead atoms. The molecular weight excluding hydrogens is 953 g/mol. The van der Waals surface area contributed by atoms with Crippen LogP contribution in [-0.4, -0.2) is 48.8 Å². The van der Waals surface area contributed by atoms with E-state index in [-0.39, 0.29) is 30.3 Å². The molecular formula is C42H30N8O9S6. The van der Waals surface area contributed by atoms with Crippen molar-refractivity contribution < 1.29 is 40.0 Å². The molecule has 0 fully saturated rings. The fraction of sp³-hybridized carbons (Fsp3) is 0. The molecule has 4 aromatic carbocycles. The summed E-state index contributed by atoms with van der Waals surface area (Å²) in [5, 5.41) is 11.0. The SMILES string of the molecule is O=C(/C=C/c1ccco1)NC(=S)Nc1ccc(S(=O)(=O)Nc2nc3ccc(Oc4ccc5nc(NS(=O)(=O)c6ccc(NC(=S)NC(=O)/C=C/c7ccco7)cc6)sc5c4)cc3s2)cc1. The lowest BCUT2D eigenvalue weighted by atomic mass is 10.3. The van der Waals surface area contributed by atoms with E-state index >= 15 is 0 Å². The number of thiocarbonyl (C=S) groups is 2. The van der Waals surface area contributed by atoms with Crippen LogP contribution in [0.3, 0.4) is 0 Å². The predicted molar refractivity (Wildman–Crippen MR) is 258 cm³/mol. The first-order chi connectivity index (χ1) is 31.2. The van der Waals surface area contributed by atoms with Gasteiger partial charge in [0.2, 0.25) is 11.8 Å². The highest BCUT2D eigenvalue weighted by molar-refractivity contribution is 7.93. The summed E-state index contributed by atoms with van der Waals surface area (Å²) in [4.78, 5) is 33.1. The largest absolute Gasteiger partial charge is 0.465 e. The number of thiazole rings is 2. The minimum absolute atomic E-state index is 0.0173. The standard InChI is InChI=1S/C42H30N8O9S6/c51-37(19-11-27-3-1-21-57-27)47-39(60)43-25-5-13-31(14-6-25)64(53,54)49-41-45-33-17-9-29(23-35(33)62-41)59-30-10-18-34-36(24-30)63-42(46-34)50-65(55,56)32-15-7-26(8-16-32)44-40(61)48-38(52)20-12-28-4-2-22-58-28/h1-24H,(H,45,49)(H,46,50)(H2,43,47,51,60)(H2,44,48,52,61)/b19-11+,20-12+. The molecule has 328 valence electrons. The maximum atomic E-state index is 13.3. The molecule has 8 rings (SSSR count). The van der Waals surface area contributed by atoms with E-state index in [9.17, 15) is 26.4 Å². The Morgan fingerprint density at radius 1 is 0.585 bits per heavy atom.